The molecular formula is C18H22O6. The third-order valence-corrected chi connectivity index (χ3v) is 3.15. The first-order valence-electron chi connectivity index (χ1n) is 7.70. The lowest BCUT2D eigenvalue weighted by molar-refractivity contribution is -0.161. The molecule has 0 saturated heterocycles. The molecule has 0 N–H and O–H groups in total. The summed E-state index contributed by atoms with van der Waals surface area (Å²) in [6, 6.07) is 9.07. The van der Waals surface area contributed by atoms with Gasteiger partial charge in [0.25, 0.3) is 0 Å². The molecule has 1 aromatic rings. The van der Waals surface area contributed by atoms with Gasteiger partial charge in [-0.2, -0.15) is 0 Å². The van der Waals surface area contributed by atoms with Gasteiger partial charge < -0.3 is 14.2 Å². The number of ether oxygens (including phenoxy) is 3. The molecule has 0 amide bonds. The van der Waals surface area contributed by atoms with Gasteiger partial charge in [0, 0.05) is 12.0 Å². The van der Waals surface area contributed by atoms with E-state index in [1.165, 1.54) is 7.11 Å². The predicted molar refractivity (Wildman–Crippen MR) is 87.8 cm³/mol. The van der Waals surface area contributed by atoms with Crippen LogP contribution in [-0.2, 0) is 28.6 Å². The number of hydrogen-bond donors (Lipinski definition) is 0. The minimum absolute atomic E-state index is 0.130. The van der Waals surface area contributed by atoms with E-state index in [4.69, 9.17) is 14.2 Å². The fourth-order valence-electron chi connectivity index (χ4n) is 2.05. The van der Waals surface area contributed by atoms with Crippen LogP contribution in [0.15, 0.2) is 35.9 Å². The van der Waals surface area contributed by atoms with E-state index >= 15 is 0 Å². The summed E-state index contributed by atoms with van der Waals surface area (Å²) in [6.45, 7) is 3.54. The molecule has 0 fully saturated rings. The zero-order valence-electron chi connectivity index (χ0n) is 14.1. The summed E-state index contributed by atoms with van der Waals surface area (Å²) in [5.41, 5.74) is 0.944. The maximum atomic E-state index is 12.1. The third-order valence-electron chi connectivity index (χ3n) is 3.15. The Hall–Kier alpha value is -2.63. The molecule has 0 radical (unpaired) electrons. The zero-order valence-corrected chi connectivity index (χ0v) is 14.1. The molecule has 6 nitrogen and oxygen atoms in total. The number of esters is 3. The van der Waals surface area contributed by atoms with Crippen molar-refractivity contribution < 1.29 is 28.6 Å². The van der Waals surface area contributed by atoms with Crippen LogP contribution in [0.4, 0.5) is 0 Å². The minimum atomic E-state index is -1.21. The van der Waals surface area contributed by atoms with E-state index in [1.807, 2.05) is 18.2 Å². The molecule has 0 atom stereocenters. The summed E-state index contributed by atoms with van der Waals surface area (Å²) in [6.07, 6.45) is 1.43. The van der Waals surface area contributed by atoms with Crippen LogP contribution in [0.3, 0.4) is 0 Å². The molecule has 6 heteroatoms. The van der Waals surface area contributed by atoms with Crippen LogP contribution in [0, 0.1) is 5.92 Å². The number of hydrogen-bond acceptors (Lipinski definition) is 6. The summed E-state index contributed by atoms with van der Waals surface area (Å²) < 4.78 is 14.6. The number of rotatable bonds is 8. The Labute approximate surface area is 141 Å². The Kier molecular flexibility index (Phi) is 8.25. The van der Waals surface area contributed by atoms with Crippen molar-refractivity contribution in [3.63, 3.8) is 0 Å². The standard InChI is InChI=1S/C18H22O6/c1-4-23-17(20)15(18(21)24-5-2)12-14(16(19)22-3)11-13-9-7-6-8-10-13/h6-11,15H,4-5,12H2,1-3H3/b14-11+. The summed E-state index contributed by atoms with van der Waals surface area (Å²) in [5, 5.41) is 0. The Morgan fingerprint density at radius 3 is 2.00 bits per heavy atom. The lowest BCUT2D eigenvalue weighted by Gasteiger charge is -2.15. The lowest BCUT2D eigenvalue weighted by atomic mass is 9.97. The van der Waals surface area contributed by atoms with E-state index in [0.717, 1.165) is 5.56 Å². The quantitative estimate of drug-likeness (QED) is 0.314. The highest BCUT2D eigenvalue weighted by atomic mass is 16.6. The minimum Gasteiger partial charge on any atom is -0.466 e. The number of carbonyl (C=O) groups excluding carboxylic acids is 3. The second-order valence-corrected chi connectivity index (χ2v) is 4.83. The van der Waals surface area contributed by atoms with E-state index in [9.17, 15) is 14.4 Å². The highest BCUT2D eigenvalue weighted by Crippen LogP contribution is 2.20. The zero-order chi connectivity index (χ0) is 17.9. The monoisotopic (exact) mass is 334 g/mol. The first-order chi connectivity index (χ1) is 11.5. The Bertz CT molecular complexity index is 573. The first-order valence-corrected chi connectivity index (χ1v) is 7.70. The van der Waals surface area contributed by atoms with Crippen molar-refractivity contribution in [3.05, 3.63) is 41.5 Å². The van der Waals surface area contributed by atoms with Crippen LogP contribution in [0.1, 0.15) is 25.8 Å². The smallest absolute Gasteiger partial charge is 0.333 e. The molecule has 130 valence electrons. The molecule has 0 unspecified atom stereocenters. The predicted octanol–water partition coefficient (Wildman–Crippen LogP) is 2.38. The van der Waals surface area contributed by atoms with Crippen molar-refractivity contribution in [2.45, 2.75) is 20.3 Å². The van der Waals surface area contributed by atoms with Gasteiger partial charge >= 0.3 is 17.9 Å². The third kappa shape index (κ3) is 5.87. The summed E-state index contributed by atoms with van der Waals surface area (Å²) in [7, 11) is 1.24. The summed E-state index contributed by atoms with van der Waals surface area (Å²) in [5.74, 6) is -3.27. The van der Waals surface area contributed by atoms with Crippen molar-refractivity contribution in [3.8, 4) is 0 Å². The van der Waals surface area contributed by atoms with Crippen molar-refractivity contribution in [1.82, 2.24) is 0 Å². The maximum Gasteiger partial charge on any atom is 0.333 e. The van der Waals surface area contributed by atoms with Crippen LogP contribution in [-0.4, -0.2) is 38.2 Å². The van der Waals surface area contributed by atoms with Crippen molar-refractivity contribution >= 4 is 24.0 Å². The SMILES string of the molecule is CCOC(=O)C(C/C(=C\c1ccccc1)C(=O)OC)C(=O)OCC. The highest BCUT2D eigenvalue weighted by molar-refractivity contribution is 5.99. The number of benzene rings is 1. The van der Waals surface area contributed by atoms with Crippen molar-refractivity contribution in [2.75, 3.05) is 20.3 Å². The Morgan fingerprint density at radius 1 is 1.00 bits per heavy atom. The second-order valence-electron chi connectivity index (χ2n) is 4.83. The van der Waals surface area contributed by atoms with E-state index in [-0.39, 0.29) is 25.2 Å². The van der Waals surface area contributed by atoms with Gasteiger partial charge in [-0.1, -0.05) is 30.3 Å². The van der Waals surface area contributed by atoms with Crippen LogP contribution in [0.2, 0.25) is 0 Å². The van der Waals surface area contributed by atoms with E-state index in [0.29, 0.717) is 0 Å². The van der Waals surface area contributed by atoms with Gasteiger partial charge in [-0.05, 0) is 25.5 Å². The fraction of sp³-hybridized carbons (Fsp3) is 0.389. The molecule has 1 aromatic carbocycles. The van der Waals surface area contributed by atoms with Crippen LogP contribution in [0.25, 0.3) is 6.08 Å². The summed E-state index contributed by atoms with van der Waals surface area (Å²) in [4.78, 5) is 36.1. The van der Waals surface area contributed by atoms with Crippen molar-refractivity contribution in [2.24, 2.45) is 5.92 Å². The molecule has 0 heterocycles. The Balaban J connectivity index is 3.11. The molecule has 0 saturated carbocycles. The van der Waals surface area contributed by atoms with E-state index in [2.05, 4.69) is 0 Å². The molecule has 0 aliphatic heterocycles. The Morgan fingerprint density at radius 2 is 1.54 bits per heavy atom. The molecule has 0 spiro atoms. The number of carbonyl (C=O) groups is 3. The lowest BCUT2D eigenvalue weighted by Crippen LogP contribution is -2.29. The van der Waals surface area contributed by atoms with Crippen LogP contribution in [0.5, 0.6) is 0 Å². The molecule has 0 bridgehead atoms. The molecule has 0 aliphatic carbocycles. The average Bonchev–Trinajstić information content (AvgIpc) is 2.59. The van der Waals surface area contributed by atoms with Gasteiger partial charge in [0.2, 0.25) is 0 Å². The van der Waals surface area contributed by atoms with Gasteiger partial charge in [0.15, 0.2) is 5.92 Å². The first kappa shape index (κ1) is 19.4. The summed E-state index contributed by atoms with van der Waals surface area (Å²) >= 11 is 0. The van der Waals surface area contributed by atoms with Gasteiger partial charge in [0.1, 0.15) is 0 Å². The topological polar surface area (TPSA) is 78.9 Å². The molecule has 1 rings (SSSR count). The number of methoxy groups -OCH3 is 1. The molecular weight excluding hydrogens is 312 g/mol. The largest absolute Gasteiger partial charge is 0.466 e. The van der Waals surface area contributed by atoms with Gasteiger partial charge in [-0.25, -0.2) is 4.79 Å². The van der Waals surface area contributed by atoms with E-state index < -0.39 is 23.8 Å². The average molecular weight is 334 g/mol. The normalized spacial score (nSPS) is 11.1. The molecule has 0 aromatic heterocycles. The van der Waals surface area contributed by atoms with Crippen LogP contribution >= 0.6 is 0 Å². The second kappa shape index (κ2) is 10.2. The fourth-order valence-corrected chi connectivity index (χ4v) is 2.05. The van der Waals surface area contributed by atoms with Gasteiger partial charge in [-0.3, -0.25) is 9.59 Å². The van der Waals surface area contributed by atoms with E-state index in [1.54, 1.807) is 32.1 Å². The van der Waals surface area contributed by atoms with Crippen LogP contribution < -0.4 is 0 Å². The van der Waals surface area contributed by atoms with Gasteiger partial charge in [0.05, 0.1) is 20.3 Å². The molecule has 24 heavy (non-hydrogen) atoms. The van der Waals surface area contributed by atoms with Crippen molar-refractivity contribution in [1.29, 1.82) is 0 Å². The highest BCUT2D eigenvalue weighted by Gasteiger charge is 2.32. The maximum absolute atomic E-state index is 12.1. The molecule has 0 aliphatic rings. The van der Waals surface area contributed by atoms with Gasteiger partial charge in [-0.15, -0.1) is 0 Å².